The Balaban J connectivity index is 2.84. The van der Waals surface area contributed by atoms with Gasteiger partial charge in [0.15, 0.2) is 5.11 Å². The fourth-order valence-corrected chi connectivity index (χ4v) is 1.65. The number of nitrogens with zero attached hydrogens (tertiary/aromatic N) is 2. The normalized spacial score (nSPS) is 10.6. The molecule has 19 heavy (non-hydrogen) atoms. The fourth-order valence-electron chi connectivity index (χ4n) is 1.59. The van der Waals surface area contributed by atoms with Crippen LogP contribution >= 0.6 is 12.2 Å². The van der Waals surface area contributed by atoms with E-state index in [9.17, 15) is 5.11 Å². The molecule has 7 heteroatoms. The molecule has 0 spiro atoms. The van der Waals surface area contributed by atoms with Crippen LogP contribution < -0.4 is 16.1 Å². The molecule has 0 bridgehead atoms. The number of nitrogens with one attached hydrogen (secondary N) is 1. The van der Waals surface area contributed by atoms with Crippen molar-refractivity contribution in [3.8, 4) is 5.75 Å². The number of hydrazone groups is 1. The molecule has 1 aromatic carbocycles. The van der Waals surface area contributed by atoms with Crippen LogP contribution in [-0.4, -0.2) is 41.2 Å². The number of aliphatic hydroxyl groups excluding tert-OH is 1. The highest BCUT2D eigenvalue weighted by molar-refractivity contribution is 7.80. The zero-order valence-electron chi connectivity index (χ0n) is 10.7. The molecule has 104 valence electrons. The summed E-state index contributed by atoms with van der Waals surface area (Å²) in [5.74, 6) is 0.0994. The van der Waals surface area contributed by atoms with Gasteiger partial charge < -0.3 is 20.8 Å². The predicted octanol–water partition coefficient (Wildman–Crippen LogP) is 0.378. The summed E-state index contributed by atoms with van der Waals surface area (Å²) in [7, 11) is 0. The van der Waals surface area contributed by atoms with Crippen LogP contribution in [0.1, 0.15) is 12.5 Å². The number of phenols is 1. The van der Waals surface area contributed by atoms with Gasteiger partial charge >= 0.3 is 0 Å². The molecular formula is C12H18N4O2S. The Morgan fingerprint density at radius 1 is 1.58 bits per heavy atom. The van der Waals surface area contributed by atoms with Gasteiger partial charge in [-0.05, 0) is 31.3 Å². The van der Waals surface area contributed by atoms with Crippen LogP contribution in [0.25, 0.3) is 0 Å². The minimum atomic E-state index is 0.0625. The van der Waals surface area contributed by atoms with E-state index < -0.39 is 0 Å². The average molecular weight is 282 g/mol. The molecule has 0 fully saturated rings. The molecule has 6 nitrogen and oxygen atoms in total. The topological polar surface area (TPSA) is 94.1 Å². The minimum Gasteiger partial charge on any atom is -0.507 e. The number of likely N-dealkylation sites (N-methyl/N-ethyl adjacent to an activating group) is 1. The third kappa shape index (κ3) is 4.72. The van der Waals surface area contributed by atoms with E-state index in [-0.39, 0.29) is 17.5 Å². The highest BCUT2D eigenvalue weighted by Gasteiger charge is 2.06. The van der Waals surface area contributed by atoms with Gasteiger partial charge in [0, 0.05) is 30.4 Å². The van der Waals surface area contributed by atoms with Crippen molar-refractivity contribution in [2.75, 3.05) is 24.6 Å². The smallest absolute Gasteiger partial charge is 0.184 e. The quantitative estimate of drug-likeness (QED) is 0.342. The summed E-state index contributed by atoms with van der Waals surface area (Å²) >= 11 is 4.60. The molecule has 0 saturated carbocycles. The van der Waals surface area contributed by atoms with Crippen molar-refractivity contribution < 1.29 is 10.2 Å². The van der Waals surface area contributed by atoms with Gasteiger partial charge in [0.25, 0.3) is 0 Å². The summed E-state index contributed by atoms with van der Waals surface area (Å²) in [4.78, 5) is 1.95. The second-order valence-corrected chi connectivity index (χ2v) is 4.22. The maximum absolute atomic E-state index is 9.90. The molecule has 0 aliphatic carbocycles. The highest BCUT2D eigenvalue weighted by atomic mass is 32.1. The van der Waals surface area contributed by atoms with Gasteiger partial charge in [-0.2, -0.15) is 5.10 Å². The Labute approximate surface area is 117 Å². The monoisotopic (exact) mass is 282 g/mol. The first-order valence-corrected chi connectivity index (χ1v) is 6.26. The standard InChI is InChI=1S/C12H18N4O2S/c1-2-16(5-6-17)10-4-3-9(11(18)7-10)8-14-15-12(13)19/h3-4,7-8,17-18H,2,5-6H2,1H3,(H3,13,15,19). The third-order valence-electron chi connectivity index (χ3n) is 2.51. The molecule has 0 radical (unpaired) electrons. The Kier molecular flexibility index (Phi) is 6.04. The summed E-state index contributed by atoms with van der Waals surface area (Å²) in [6, 6.07) is 5.21. The maximum atomic E-state index is 9.90. The van der Waals surface area contributed by atoms with Gasteiger partial charge in [-0.25, -0.2) is 0 Å². The van der Waals surface area contributed by atoms with Gasteiger partial charge in [0.05, 0.1) is 12.8 Å². The number of aromatic hydroxyl groups is 1. The molecule has 0 aromatic heterocycles. The van der Waals surface area contributed by atoms with Crippen LogP contribution in [0.3, 0.4) is 0 Å². The number of nitrogens with two attached hydrogens (primary N) is 1. The second-order valence-electron chi connectivity index (χ2n) is 3.78. The molecule has 1 aromatic rings. The Hall–Kier alpha value is -1.86. The summed E-state index contributed by atoms with van der Waals surface area (Å²) < 4.78 is 0. The first-order chi connectivity index (χ1) is 9.08. The highest BCUT2D eigenvalue weighted by Crippen LogP contribution is 2.23. The first-order valence-electron chi connectivity index (χ1n) is 5.85. The first kappa shape index (κ1) is 15.2. The van der Waals surface area contributed by atoms with E-state index in [4.69, 9.17) is 10.8 Å². The molecule has 0 saturated heterocycles. The van der Waals surface area contributed by atoms with Gasteiger partial charge in [-0.15, -0.1) is 0 Å². The number of hydrogen-bond donors (Lipinski definition) is 4. The molecule has 0 atom stereocenters. The van der Waals surface area contributed by atoms with Crippen molar-refractivity contribution in [1.82, 2.24) is 5.43 Å². The van der Waals surface area contributed by atoms with Crippen LogP contribution in [0.4, 0.5) is 5.69 Å². The molecule has 0 unspecified atom stereocenters. The lowest BCUT2D eigenvalue weighted by atomic mass is 10.2. The van der Waals surface area contributed by atoms with Crippen LogP contribution in [0.2, 0.25) is 0 Å². The second kappa shape index (κ2) is 7.55. The summed E-state index contributed by atoms with van der Waals surface area (Å²) in [6.45, 7) is 3.31. The number of anilines is 1. The molecule has 5 N–H and O–H groups in total. The van der Waals surface area contributed by atoms with Crippen molar-refractivity contribution in [2.45, 2.75) is 6.92 Å². The van der Waals surface area contributed by atoms with E-state index in [1.54, 1.807) is 12.1 Å². The van der Waals surface area contributed by atoms with Crippen LogP contribution in [0, 0.1) is 0 Å². The SMILES string of the molecule is CCN(CCO)c1ccc(C=NNC(N)=S)c(O)c1. The molecule has 0 aliphatic rings. The number of thiocarbonyl (C=S) groups is 1. The van der Waals surface area contributed by atoms with Crippen molar-refractivity contribution in [1.29, 1.82) is 0 Å². The maximum Gasteiger partial charge on any atom is 0.184 e. The fraction of sp³-hybridized carbons (Fsp3) is 0.333. The van der Waals surface area contributed by atoms with Crippen LogP contribution in [0.15, 0.2) is 23.3 Å². The van der Waals surface area contributed by atoms with E-state index in [0.717, 1.165) is 12.2 Å². The zero-order valence-corrected chi connectivity index (χ0v) is 11.5. The van der Waals surface area contributed by atoms with E-state index in [1.165, 1.54) is 6.21 Å². The Bertz CT molecular complexity index is 465. The van der Waals surface area contributed by atoms with E-state index in [0.29, 0.717) is 12.1 Å². The summed E-state index contributed by atoms with van der Waals surface area (Å²) in [5, 5.41) is 22.7. The average Bonchev–Trinajstić information content (AvgIpc) is 2.37. The molecule has 0 heterocycles. The summed E-state index contributed by atoms with van der Waals surface area (Å²) in [6.07, 6.45) is 1.43. The van der Waals surface area contributed by atoms with E-state index >= 15 is 0 Å². The Morgan fingerprint density at radius 3 is 2.84 bits per heavy atom. The number of benzene rings is 1. The minimum absolute atomic E-state index is 0.0625. The number of rotatable bonds is 6. The molecule has 0 amide bonds. The molecular weight excluding hydrogens is 264 g/mol. The molecule has 0 aliphatic heterocycles. The lowest BCUT2D eigenvalue weighted by Gasteiger charge is -2.22. The van der Waals surface area contributed by atoms with E-state index in [2.05, 4.69) is 22.7 Å². The third-order valence-corrected chi connectivity index (χ3v) is 2.60. The number of phenolic OH excluding ortho intramolecular Hbond substituents is 1. The van der Waals surface area contributed by atoms with Gasteiger partial charge in [0.1, 0.15) is 5.75 Å². The lowest BCUT2D eigenvalue weighted by molar-refractivity contribution is 0.302. The van der Waals surface area contributed by atoms with Crippen molar-refractivity contribution in [3.05, 3.63) is 23.8 Å². The van der Waals surface area contributed by atoms with Crippen molar-refractivity contribution >= 4 is 29.2 Å². The van der Waals surface area contributed by atoms with Crippen molar-refractivity contribution in [2.24, 2.45) is 10.8 Å². The van der Waals surface area contributed by atoms with Gasteiger partial charge in [0.2, 0.25) is 0 Å². The number of hydrogen-bond acceptors (Lipinski definition) is 5. The largest absolute Gasteiger partial charge is 0.507 e. The Morgan fingerprint density at radius 2 is 2.32 bits per heavy atom. The van der Waals surface area contributed by atoms with Crippen LogP contribution in [0.5, 0.6) is 5.75 Å². The van der Waals surface area contributed by atoms with Gasteiger partial charge in [-0.1, -0.05) is 0 Å². The predicted molar refractivity (Wildman–Crippen MR) is 80.6 cm³/mol. The van der Waals surface area contributed by atoms with E-state index in [1.807, 2.05) is 17.9 Å². The molecule has 1 rings (SSSR count). The van der Waals surface area contributed by atoms with Crippen molar-refractivity contribution in [3.63, 3.8) is 0 Å². The lowest BCUT2D eigenvalue weighted by Crippen LogP contribution is -2.26. The number of aliphatic hydroxyl groups is 1. The zero-order chi connectivity index (χ0) is 14.3. The van der Waals surface area contributed by atoms with Gasteiger partial charge in [-0.3, -0.25) is 5.43 Å². The summed E-state index contributed by atoms with van der Waals surface area (Å²) in [5.41, 5.74) is 9.03. The van der Waals surface area contributed by atoms with Crippen LogP contribution in [-0.2, 0) is 0 Å².